The van der Waals surface area contributed by atoms with Crippen molar-refractivity contribution in [3.8, 4) is 0 Å². The van der Waals surface area contributed by atoms with Crippen LogP contribution in [0.1, 0.15) is 30.4 Å². The van der Waals surface area contributed by atoms with Gasteiger partial charge in [-0.2, -0.15) is 0 Å². The molecule has 0 unspecified atom stereocenters. The van der Waals surface area contributed by atoms with Crippen LogP contribution in [0, 0.1) is 5.92 Å². The summed E-state index contributed by atoms with van der Waals surface area (Å²) in [6, 6.07) is 5.84. The van der Waals surface area contributed by atoms with Gasteiger partial charge in [0.15, 0.2) is 0 Å². The fourth-order valence-corrected chi connectivity index (χ4v) is 3.11. The van der Waals surface area contributed by atoms with E-state index in [1.165, 1.54) is 11.1 Å². The van der Waals surface area contributed by atoms with Crippen molar-refractivity contribution in [2.75, 3.05) is 5.32 Å². The van der Waals surface area contributed by atoms with E-state index >= 15 is 0 Å². The van der Waals surface area contributed by atoms with Crippen LogP contribution in [-0.2, 0) is 11.2 Å². The van der Waals surface area contributed by atoms with Crippen molar-refractivity contribution in [1.29, 1.82) is 0 Å². The number of benzene rings is 1. The van der Waals surface area contributed by atoms with Gasteiger partial charge in [-0.05, 0) is 30.0 Å². The number of nitrogens with one attached hydrogen (secondary N) is 1. The first-order chi connectivity index (χ1) is 8.70. The summed E-state index contributed by atoms with van der Waals surface area (Å²) in [5.74, 6) is -0.338. The van der Waals surface area contributed by atoms with E-state index in [1.807, 2.05) is 6.07 Å². The van der Waals surface area contributed by atoms with Crippen LogP contribution >= 0.6 is 0 Å². The van der Waals surface area contributed by atoms with E-state index in [-0.39, 0.29) is 11.8 Å². The molecule has 1 aromatic carbocycles. The molecule has 0 radical (unpaired) electrons. The highest BCUT2D eigenvalue weighted by molar-refractivity contribution is 5.80. The largest absolute Gasteiger partial charge is 0.480 e. The van der Waals surface area contributed by atoms with E-state index in [2.05, 4.69) is 36.5 Å². The SMILES string of the molecule is CCc1ccc2c(c1)[C@@H]1C=CC[C@@H]1[C@H](C(=O)O)N2. The molecule has 0 aromatic heterocycles. The molecule has 2 aliphatic rings. The molecule has 1 aromatic rings. The fraction of sp³-hybridized carbons (Fsp3) is 0.400. The molecule has 0 saturated carbocycles. The minimum Gasteiger partial charge on any atom is -0.480 e. The van der Waals surface area contributed by atoms with Gasteiger partial charge in [-0.25, -0.2) is 4.79 Å². The third-order valence-corrected chi connectivity index (χ3v) is 4.10. The van der Waals surface area contributed by atoms with Gasteiger partial charge < -0.3 is 10.4 Å². The van der Waals surface area contributed by atoms with Gasteiger partial charge in [0.1, 0.15) is 6.04 Å². The lowest BCUT2D eigenvalue weighted by Gasteiger charge is -2.35. The highest BCUT2D eigenvalue weighted by Crippen LogP contribution is 2.44. The van der Waals surface area contributed by atoms with Gasteiger partial charge in [0, 0.05) is 17.5 Å². The van der Waals surface area contributed by atoms with Crippen LogP contribution in [0.25, 0.3) is 0 Å². The molecule has 18 heavy (non-hydrogen) atoms. The monoisotopic (exact) mass is 243 g/mol. The average molecular weight is 243 g/mol. The predicted octanol–water partition coefficient (Wildman–Crippen LogP) is 2.79. The van der Waals surface area contributed by atoms with Gasteiger partial charge in [0.25, 0.3) is 0 Å². The van der Waals surface area contributed by atoms with Crippen LogP contribution in [0.3, 0.4) is 0 Å². The maximum Gasteiger partial charge on any atom is 0.326 e. The Bertz CT molecular complexity index is 521. The summed E-state index contributed by atoms with van der Waals surface area (Å²) in [4.78, 5) is 11.3. The molecule has 94 valence electrons. The second kappa shape index (κ2) is 4.16. The number of hydrogen-bond donors (Lipinski definition) is 2. The number of allylic oxidation sites excluding steroid dienone is 2. The highest BCUT2D eigenvalue weighted by Gasteiger charge is 2.40. The van der Waals surface area contributed by atoms with E-state index in [0.29, 0.717) is 0 Å². The van der Waals surface area contributed by atoms with E-state index in [4.69, 9.17) is 0 Å². The second-order valence-electron chi connectivity index (χ2n) is 5.09. The third-order valence-electron chi connectivity index (χ3n) is 4.10. The summed E-state index contributed by atoms with van der Waals surface area (Å²) >= 11 is 0. The first kappa shape index (κ1) is 11.3. The minimum atomic E-state index is -0.751. The van der Waals surface area contributed by atoms with Crippen molar-refractivity contribution < 1.29 is 9.90 Å². The maximum atomic E-state index is 11.3. The van der Waals surface area contributed by atoms with Crippen LogP contribution in [0.4, 0.5) is 5.69 Å². The summed E-state index contributed by atoms with van der Waals surface area (Å²) < 4.78 is 0. The van der Waals surface area contributed by atoms with Crippen LogP contribution in [0.2, 0.25) is 0 Å². The van der Waals surface area contributed by atoms with Crippen molar-refractivity contribution >= 4 is 11.7 Å². The van der Waals surface area contributed by atoms with E-state index in [0.717, 1.165) is 18.5 Å². The lowest BCUT2D eigenvalue weighted by Crippen LogP contribution is -2.41. The first-order valence-electron chi connectivity index (χ1n) is 6.49. The summed E-state index contributed by atoms with van der Waals surface area (Å²) in [6.45, 7) is 2.14. The average Bonchev–Trinajstić information content (AvgIpc) is 2.86. The fourth-order valence-electron chi connectivity index (χ4n) is 3.11. The normalized spacial score (nSPS) is 28.4. The van der Waals surface area contributed by atoms with Gasteiger partial charge in [0.2, 0.25) is 0 Å². The number of aryl methyl sites for hydroxylation is 1. The number of hydrogen-bond acceptors (Lipinski definition) is 2. The summed E-state index contributed by atoms with van der Waals surface area (Å²) in [6.07, 6.45) is 6.14. The van der Waals surface area contributed by atoms with Crippen LogP contribution in [0.15, 0.2) is 30.4 Å². The molecule has 1 aliphatic carbocycles. The number of aliphatic carboxylic acids is 1. The Morgan fingerprint density at radius 1 is 1.50 bits per heavy atom. The molecule has 3 rings (SSSR count). The van der Waals surface area contributed by atoms with Gasteiger partial charge in [-0.3, -0.25) is 0 Å². The van der Waals surface area contributed by atoms with E-state index < -0.39 is 12.0 Å². The van der Waals surface area contributed by atoms with E-state index in [9.17, 15) is 9.90 Å². The molecule has 1 heterocycles. The molecular formula is C15H17NO2. The molecule has 0 bridgehead atoms. The maximum absolute atomic E-state index is 11.3. The van der Waals surface area contributed by atoms with Crippen molar-refractivity contribution in [1.82, 2.24) is 0 Å². The minimum absolute atomic E-state index is 0.155. The predicted molar refractivity (Wildman–Crippen MR) is 70.9 cm³/mol. The summed E-state index contributed by atoms with van der Waals surface area (Å²) in [5.41, 5.74) is 3.54. The van der Waals surface area contributed by atoms with Gasteiger partial charge in [-0.15, -0.1) is 0 Å². The third kappa shape index (κ3) is 1.62. The number of carboxylic acid groups (broad SMARTS) is 1. The zero-order chi connectivity index (χ0) is 12.7. The topological polar surface area (TPSA) is 49.3 Å². The lowest BCUT2D eigenvalue weighted by atomic mass is 9.79. The smallest absolute Gasteiger partial charge is 0.326 e. The lowest BCUT2D eigenvalue weighted by molar-refractivity contribution is -0.139. The number of carbonyl (C=O) groups is 1. The van der Waals surface area contributed by atoms with Crippen LogP contribution in [0.5, 0.6) is 0 Å². The number of rotatable bonds is 2. The van der Waals surface area contributed by atoms with Crippen LogP contribution < -0.4 is 5.32 Å². The van der Waals surface area contributed by atoms with Crippen molar-refractivity contribution in [2.45, 2.75) is 31.7 Å². The molecule has 3 nitrogen and oxygen atoms in total. The van der Waals surface area contributed by atoms with Gasteiger partial charge in [0.05, 0.1) is 0 Å². The Morgan fingerprint density at radius 2 is 2.33 bits per heavy atom. The second-order valence-corrected chi connectivity index (χ2v) is 5.09. The summed E-state index contributed by atoms with van der Waals surface area (Å²) in [5, 5.41) is 12.5. The number of fused-ring (bicyclic) bond motifs is 3. The first-order valence-corrected chi connectivity index (χ1v) is 6.49. The number of carboxylic acids is 1. The Balaban J connectivity index is 2.06. The van der Waals surface area contributed by atoms with E-state index in [1.54, 1.807) is 0 Å². The Morgan fingerprint density at radius 3 is 3.06 bits per heavy atom. The Kier molecular flexibility index (Phi) is 2.62. The number of anilines is 1. The molecule has 3 atom stereocenters. The summed E-state index contributed by atoms with van der Waals surface area (Å²) in [7, 11) is 0. The molecule has 0 spiro atoms. The zero-order valence-corrected chi connectivity index (χ0v) is 10.4. The molecule has 0 saturated heterocycles. The van der Waals surface area contributed by atoms with Crippen molar-refractivity contribution in [3.05, 3.63) is 41.5 Å². The van der Waals surface area contributed by atoms with Crippen molar-refractivity contribution in [2.24, 2.45) is 5.92 Å². The molecule has 0 fully saturated rings. The van der Waals surface area contributed by atoms with Crippen LogP contribution in [-0.4, -0.2) is 17.1 Å². The van der Waals surface area contributed by atoms with Gasteiger partial charge >= 0.3 is 5.97 Å². The standard InChI is InChI=1S/C15H17NO2/c1-2-9-6-7-13-12(8-9)10-4-3-5-11(10)14(16-13)15(17)18/h3-4,6-8,10-11,14,16H,2,5H2,1H3,(H,17,18)/t10-,11+,14-/m1/s1. The molecule has 0 amide bonds. The van der Waals surface area contributed by atoms with Gasteiger partial charge in [-0.1, -0.05) is 31.2 Å². The quantitative estimate of drug-likeness (QED) is 0.785. The molecule has 3 heteroatoms. The molecular weight excluding hydrogens is 226 g/mol. The molecule has 2 N–H and O–H groups in total. The zero-order valence-electron chi connectivity index (χ0n) is 10.4. The Labute approximate surface area is 107 Å². The molecule has 1 aliphatic heterocycles. The highest BCUT2D eigenvalue weighted by atomic mass is 16.4. The Hall–Kier alpha value is -1.77. The van der Waals surface area contributed by atoms with Crippen molar-refractivity contribution in [3.63, 3.8) is 0 Å².